The summed E-state index contributed by atoms with van der Waals surface area (Å²) in [6.45, 7) is 7.63. The minimum atomic E-state index is 0.461. The number of likely N-dealkylation sites (tertiary alicyclic amines) is 1. The normalized spacial score (nSPS) is 19.6. The molecule has 108 valence electrons. The zero-order chi connectivity index (χ0) is 14.3. The SMILES string of the molecule is Cn1ncc2c(N)nc(CN3CCC(C)(C)CC3)nc21. The lowest BCUT2D eigenvalue weighted by molar-refractivity contribution is 0.125. The number of rotatable bonds is 2. The number of aromatic nitrogens is 4. The van der Waals surface area contributed by atoms with Gasteiger partial charge in [-0.15, -0.1) is 0 Å². The van der Waals surface area contributed by atoms with Crippen LogP contribution >= 0.6 is 0 Å². The molecule has 0 spiro atoms. The third-order valence-corrected chi connectivity index (χ3v) is 4.24. The van der Waals surface area contributed by atoms with E-state index in [1.807, 2.05) is 7.05 Å². The van der Waals surface area contributed by atoms with Crippen LogP contribution in [0.2, 0.25) is 0 Å². The summed E-state index contributed by atoms with van der Waals surface area (Å²) >= 11 is 0. The second-order valence-electron chi connectivity index (χ2n) is 6.47. The summed E-state index contributed by atoms with van der Waals surface area (Å²) in [5.41, 5.74) is 7.27. The predicted molar refractivity (Wildman–Crippen MR) is 79.0 cm³/mol. The van der Waals surface area contributed by atoms with Crippen LogP contribution in [0.3, 0.4) is 0 Å². The monoisotopic (exact) mass is 274 g/mol. The average Bonchev–Trinajstić information content (AvgIpc) is 2.75. The lowest BCUT2D eigenvalue weighted by Crippen LogP contribution is -2.37. The van der Waals surface area contributed by atoms with E-state index in [4.69, 9.17) is 5.73 Å². The van der Waals surface area contributed by atoms with Crippen molar-refractivity contribution in [3.05, 3.63) is 12.0 Å². The van der Waals surface area contributed by atoms with Crippen LogP contribution in [0.1, 0.15) is 32.5 Å². The smallest absolute Gasteiger partial charge is 0.163 e. The standard InChI is InChI=1S/C14H22N6/c1-14(2)4-6-20(7-5-14)9-11-17-12(15)10-8-16-19(3)13(10)18-11/h8H,4-7,9H2,1-3H3,(H2,15,17,18). The van der Waals surface area contributed by atoms with Gasteiger partial charge >= 0.3 is 0 Å². The van der Waals surface area contributed by atoms with Gasteiger partial charge < -0.3 is 5.73 Å². The van der Waals surface area contributed by atoms with E-state index in [1.54, 1.807) is 10.9 Å². The van der Waals surface area contributed by atoms with Crippen molar-refractivity contribution in [3.63, 3.8) is 0 Å². The van der Waals surface area contributed by atoms with Crippen molar-refractivity contribution in [1.82, 2.24) is 24.6 Å². The fraction of sp³-hybridized carbons (Fsp3) is 0.643. The minimum Gasteiger partial charge on any atom is -0.383 e. The molecule has 1 aliphatic heterocycles. The summed E-state index contributed by atoms with van der Waals surface area (Å²) in [7, 11) is 1.88. The lowest BCUT2D eigenvalue weighted by atomic mass is 9.83. The molecule has 6 nitrogen and oxygen atoms in total. The Morgan fingerprint density at radius 1 is 1.25 bits per heavy atom. The molecule has 0 saturated carbocycles. The Labute approximate surface area is 119 Å². The molecule has 0 amide bonds. The predicted octanol–water partition coefficient (Wildman–Crippen LogP) is 1.57. The number of anilines is 1. The zero-order valence-corrected chi connectivity index (χ0v) is 12.4. The number of piperidine rings is 1. The Balaban J connectivity index is 1.79. The summed E-state index contributed by atoms with van der Waals surface area (Å²) in [5, 5.41) is 5.01. The molecule has 20 heavy (non-hydrogen) atoms. The summed E-state index contributed by atoms with van der Waals surface area (Å²) in [6.07, 6.45) is 4.16. The molecule has 0 unspecified atom stereocenters. The van der Waals surface area contributed by atoms with E-state index in [1.165, 1.54) is 12.8 Å². The number of nitrogens with two attached hydrogens (primary N) is 1. The number of aryl methyl sites for hydroxylation is 1. The van der Waals surface area contributed by atoms with Crippen LogP contribution in [0.25, 0.3) is 11.0 Å². The fourth-order valence-corrected chi connectivity index (χ4v) is 2.68. The van der Waals surface area contributed by atoms with Gasteiger partial charge in [0, 0.05) is 7.05 Å². The molecule has 0 radical (unpaired) electrons. The Hall–Kier alpha value is -1.69. The lowest BCUT2D eigenvalue weighted by Gasteiger charge is -2.36. The van der Waals surface area contributed by atoms with Gasteiger partial charge in [-0.3, -0.25) is 9.58 Å². The van der Waals surface area contributed by atoms with Crippen LogP contribution in [0, 0.1) is 5.41 Å². The first-order valence-electron chi connectivity index (χ1n) is 7.11. The summed E-state index contributed by atoms with van der Waals surface area (Å²) in [6, 6.07) is 0. The van der Waals surface area contributed by atoms with E-state index in [-0.39, 0.29) is 0 Å². The number of nitrogens with zero attached hydrogens (tertiary/aromatic N) is 5. The number of hydrogen-bond donors (Lipinski definition) is 1. The topological polar surface area (TPSA) is 72.9 Å². The van der Waals surface area contributed by atoms with Gasteiger partial charge in [-0.2, -0.15) is 5.10 Å². The average molecular weight is 274 g/mol. The molecule has 0 atom stereocenters. The number of hydrogen-bond acceptors (Lipinski definition) is 5. The van der Waals surface area contributed by atoms with E-state index in [9.17, 15) is 0 Å². The van der Waals surface area contributed by atoms with Crippen LogP contribution in [0.15, 0.2) is 6.20 Å². The molecule has 1 fully saturated rings. The van der Waals surface area contributed by atoms with Gasteiger partial charge in [-0.25, -0.2) is 9.97 Å². The third kappa shape index (κ3) is 2.47. The van der Waals surface area contributed by atoms with E-state index in [0.29, 0.717) is 11.2 Å². The van der Waals surface area contributed by atoms with Crippen LogP contribution in [0.5, 0.6) is 0 Å². The maximum Gasteiger partial charge on any atom is 0.163 e. The Kier molecular flexibility index (Phi) is 3.12. The van der Waals surface area contributed by atoms with Gasteiger partial charge in [0.05, 0.1) is 18.1 Å². The van der Waals surface area contributed by atoms with Gasteiger partial charge in [0.25, 0.3) is 0 Å². The summed E-state index contributed by atoms with van der Waals surface area (Å²) < 4.78 is 1.75. The fourth-order valence-electron chi connectivity index (χ4n) is 2.68. The summed E-state index contributed by atoms with van der Waals surface area (Å²) in [5.74, 6) is 1.31. The van der Waals surface area contributed by atoms with E-state index < -0.39 is 0 Å². The summed E-state index contributed by atoms with van der Waals surface area (Å²) in [4.78, 5) is 11.4. The van der Waals surface area contributed by atoms with Crippen molar-refractivity contribution < 1.29 is 0 Å². The first kappa shape index (κ1) is 13.3. The van der Waals surface area contributed by atoms with Crippen molar-refractivity contribution in [2.24, 2.45) is 12.5 Å². The third-order valence-electron chi connectivity index (χ3n) is 4.24. The molecule has 2 aromatic heterocycles. The second-order valence-corrected chi connectivity index (χ2v) is 6.47. The second kappa shape index (κ2) is 4.70. The van der Waals surface area contributed by atoms with Gasteiger partial charge in [-0.1, -0.05) is 13.8 Å². The van der Waals surface area contributed by atoms with Crippen molar-refractivity contribution in [2.75, 3.05) is 18.8 Å². The van der Waals surface area contributed by atoms with Crippen LogP contribution in [-0.2, 0) is 13.6 Å². The highest BCUT2D eigenvalue weighted by molar-refractivity contribution is 5.84. The minimum absolute atomic E-state index is 0.461. The van der Waals surface area contributed by atoms with Crippen LogP contribution < -0.4 is 5.73 Å². The molecule has 3 rings (SSSR count). The van der Waals surface area contributed by atoms with Crippen molar-refractivity contribution in [1.29, 1.82) is 0 Å². The maximum atomic E-state index is 6.00. The molecule has 2 aromatic rings. The molecule has 3 heterocycles. The van der Waals surface area contributed by atoms with Crippen LogP contribution in [0.4, 0.5) is 5.82 Å². The highest BCUT2D eigenvalue weighted by Crippen LogP contribution is 2.30. The Morgan fingerprint density at radius 3 is 2.65 bits per heavy atom. The zero-order valence-electron chi connectivity index (χ0n) is 12.4. The van der Waals surface area contributed by atoms with E-state index in [2.05, 4.69) is 33.8 Å². The van der Waals surface area contributed by atoms with Gasteiger partial charge in [0.1, 0.15) is 11.6 Å². The highest BCUT2D eigenvalue weighted by Gasteiger charge is 2.25. The van der Waals surface area contributed by atoms with Crippen molar-refractivity contribution >= 4 is 16.9 Å². The Bertz CT molecular complexity index is 620. The molecule has 1 saturated heterocycles. The van der Waals surface area contributed by atoms with E-state index >= 15 is 0 Å². The van der Waals surface area contributed by atoms with Crippen LogP contribution in [-0.4, -0.2) is 37.7 Å². The van der Waals surface area contributed by atoms with E-state index in [0.717, 1.165) is 36.5 Å². The molecule has 2 N–H and O–H groups in total. The largest absolute Gasteiger partial charge is 0.383 e. The molecular formula is C14H22N6. The van der Waals surface area contributed by atoms with Crippen molar-refractivity contribution in [3.8, 4) is 0 Å². The number of nitrogen functional groups attached to an aromatic ring is 1. The van der Waals surface area contributed by atoms with Gasteiger partial charge in [-0.05, 0) is 31.3 Å². The molecule has 0 bridgehead atoms. The quantitative estimate of drug-likeness (QED) is 0.900. The van der Waals surface area contributed by atoms with Gasteiger partial charge in [0.15, 0.2) is 5.65 Å². The van der Waals surface area contributed by atoms with Crippen molar-refractivity contribution in [2.45, 2.75) is 33.2 Å². The first-order valence-corrected chi connectivity index (χ1v) is 7.11. The highest BCUT2D eigenvalue weighted by atomic mass is 15.3. The van der Waals surface area contributed by atoms with Gasteiger partial charge in [0.2, 0.25) is 0 Å². The molecular weight excluding hydrogens is 252 g/mol. The Morgan fingerprint density at radius 2 is 1.95 bits per heavy atom. The molecule has 0 aromatic carbocycles. The molecule has 0 aliphatic carbocycles. The first-order chi connectivity index (χ1) is 9.44. The molecule has 6 heteroatoms. The maximum absolute atomic E-state index is 6.00. The number of fused-ring (bicyclic) bond motifs is 1. The molecule has 1 aliphatic rings.